The third kappa shape index (κ3) is 6.96. The van der Waals surface area contributed by atoms with Gasteiger partial charge in [0.25, 0.3) is 11.6 Å². The lowest BCUT2D eigenvalue weighted by atomic mass is 9.89. The number of hydrogen-bond acceptors (Lipinski definition) is 5. The van der Waals surface area contributed by atoms with Crippen LogP contribution in [0.2, 0.25) is 0 Å². The van der Waals surface area contributed by atoms with E-state index in [-0.39, 0.29) is 17.4 Å². The number of thiophene rings is 1. The molecular weight excluding hydrogens is 465 g/mol. The minimum Gasteiger partial charge on any atom is -0.338 e. The van der Waals surface area contributed by atoms with Crippen molar-refractivity contribution in [3.8, 4) is 0 Å². The largest absolute Gasteiger partial charge is 0.338 e. The highest BCUT2D eigenvalue weighted by atomic mass is 32.1. The number of hydrogen-bond donors (Lipinski definition) is 0. The number of piperidine rings is 1. The van der Waals surface area contributed by atoms with Crippen LogP contribution in [-0.2, 0) is 0 Å². The molecule has 3 heterocycles. The second kappa shape index (κ2) is 12.0. The summed E-state index contributed by atoms with van der Waals surface area (Å²) in [6.45, 7) is 4.49. The molecule has 1 amide bonds. The van der Waals surface area contributed by atoms with Crippen molar-refractivity contribution in [2.45, 2.75) is 25.2 Å². The van der Waals surface area contributed by atoms with Crippen LogP contribution >= 0.6 is 11.3 Å². The molecule has 0 radical (unpaired) electrons. The summed E-state index contributed by atoms with van der Waals surface area (Å²) in [6, 6.07) is 16.7. The standard InChI is InChI=1S/C23H26FN3O3.C4H4S/c24-21-5-1-18(2-6-21)19-10-12-25(13-11-19)15-17-9-14-26(16-17)23(28)20-3-7-22(8-4-20)27(29)30;1-2-4-5-3-1/h1-8,17,19H,9-16H2;1-4H. The van der Waals surface area contributed by atoms with Crippen molar-refractivity contribution in [1.82, 2.24) is 9.80 Å². The van der Waals surface area contributed by atoms with Gasteiger partial charge in [-0.25, -0.2) is 4.39 Å². The Balaban J connectivity index is 0.000000514. The highest BCUT2D eigenvalue weighted by molar-refractivity contribution is 7.07. The molecule has 1 unspecified atom stereocenters. The van der Waals surface area contributed by atoms with Crippen molar-refractivity contribution < 1.29 is 14.1 Å². The smallest absolute Gasteiger partial charge is 0.269 e. The molecule has 0 saturated carbocycles. The van der Waals surface area contributed by atoms with Gasteiger partial charge in [0, 0.05) is 37.3 Å². The first-order chi connectivity index (χ1) is 17.0. The second-order valence-corrected chi connectivity index (χ2v) is 9.95. The molecule has 0 spiro atoms. The number of likely N-dealkylation sites (tertiary alicyclic amines) is 2. The van der Waals surface area contributed by atoms with Crippen molar-refractivity contribution in [1.29, 1.82) is 0 Å². The van der Waals surface area contributed by atoms with Gasteiger partial charge in [0.05, 0.1) is 4.92 Å². The number of amides is 1. The molecule has 6 nitrogen and oxygen atoms in total. The highest BCUT2D eigenvalue weighted by Gasteiger charge is 2.30. The SMILES string of the molecule is O=C(c1ccc([N+](=O)[O-])cc1)N1CCC(CN2CCC(c3ccc(F)cc3)CC2)C1.c1ccsc1. The Morgan fingerprint density at radius 3 is 2.20 bits per heavy atom. The zero-order chi connectivity index (χ0) is 24.6. The van der Waals surface area contributed by atoms with E-state index in [1.807, 2.05) is 39.9 Å². The molecule has 2 aromatic carbocycles. The topological polar surface area (TPSA) is 66.7 Å². The number of non-ortho nitro benzene ring substituents is 1. The van der Waals surface area contributed by atoms with E-state index in [0.717, 1.165) is 52.0 Å². The van der Waals surface area contributed by atoms with E-state index in [2.05, 4.69) is 4.90 Å². The molecule has 184 valence electrons. The average molecular weight is 496 g/mol. The molecule has 8 heteroatoms. The van der Waals surface area contributed by atoms with Crippen molar-refractivity contribution in [3.05, 3.63) is 98.5 Å². The first-order valence-electron chi connectivity index (χ1n) is 12.0. The quantitative estimate of drug-likeness (QED) is 0.330. The van der Waals surface area contributed by atoms with Gasteiger partial charge in [-0.1, -0.05) is 24.3 Å². The first-order valence-corrected chi connectivity index (χ1v) is 12.9. The predicted octanol–water partition coefficient (Wildman–Crippen LogP) is 5.82. The number of nitrogens with zero attached hydrogens (tertiary/aromatic N) is 3. The van der Waals surface area contributed by atoms with E-state index in [4.69, 9.17) is 0 Å². The van der Waals surface area contributed by atoms with Crippen LogP contribution < -0.4 is 0 Å². The Bertz CT molecular complexity index is 1060. The Morgan fingerprint density at radius 1 is 0.971 bits per heavy atom. The van der Waals surface area contributed by atoms with Crippen LogP contribution in [0, 0.1) is 21.8 Å². The summed E-state index contributed by atoms with van der Waals surface area (Å²) >= 11 is 1.71. The summed E-state index contributed by atoms with van der Waals surface area (Å²) in [7, 11) is 0. The fourth-order valence-corrected chi connectivity index (χ4v) is 5.30. The van der Waals surface area contributed by atoms with Crippen molar-refractivity contribution >= 4 is 22.9 Å². The Kier molecular flexibility index (Phi) is 8.60. The van der Waals surface area contributed by atoms with Crippen LogP contribution in [0.1, 0.15) is 41.1 Å². The van der Waals surface area contributed by atoms with Crippen molar-refractivity contribution in [2.75, 3.05) is 32.7 Å². The third-order valence-electron chi connectivity index (χ3n) is 6.77. The number of benzene rings is 2. The molecule has 2 aliphatic rings. The minimum absolute atomic E-state index is 0.00473. The summed E-state index contributed by atoms with van der Waals surface area (Å²) in [4.78, 5) is 27.4. The van der Waals surface area contributed by atoms with Gasteiger partial charge in [-0.05, 0) is 84.8 Å². The van der Waals surface area contributed by atoms with Gasteiger partial charge in [0.15, 0.2) is 0 Å². The molecular formula is C27H30FN3O3S. The number of carbonyl (C=O) groups excluding carboxylic acids is 1. The summed E-state index contributed by atoms with van der Waals surface area (Å²) in [5.74, 6) is 0.702. The lowest BCUT2D eigenvalue weighted by Gasteiger charge is -2.33. The van der Waals surface area contributed by atoms with Gasteiger partial charge in [0.1, 0.15) is 5.82 Å². The van der Waals surface area contributed by atoms with Gasteiger partial charge < -0.3 is 9.80 Å². The fourth-order valence-electron chi connectivity index (χ4n) is 4.85. The number of carbonyl (C=O) groups is 1. The maximum absolute atomic E-state index is 13.1. The molecule has 35 heavy (non-hydrogen) atoms. The lowest BCUT2D eigenvalue weighted by Crippen LogP contribution is -2.37. The van der Waals surface area contributed by atoms with Gasteiger partial charge in [0.2, 0.25) is 0 Å². The molecule has 2 aliphatic heterocycles. The lowest BCUT2D eigenvalue weighted by molar-refractivity contribution is -0.384. The van der Waals surface area contributed by atoms with Crippen LogP contribution in [0.5, 0.6) is 0 Å². The highest BCUT2D eigenvalue weighted by Crippen LogP contribution is 2.29. The van der Waals surface area contributed by atoms with Gasteiger partial charge in [-0.2, -0.15) is 11.3 Å². The van der Waals surface area contributed by atoms with Crippen LogP contribution in [0.3, 0.4) is 0 Å². The Labute approximate surface area is 209 Å². The predicted molar refractivity (Wildman–Crippen MR) is 136 cm³/mol. The molecule has 0 bridgehead atoms. The second-order valence-electron chi connectivity index (χ2n) is 9.13. The molecule has 0 aliphatic carbocycles. The minimum atomic E-state index is -0.459. The molecule has 3 aromatic rings. The van der Waals surface area contributed by atoms with E-state index >= 15 is 0 Å². The maximum Gasteiger partial charge on any atom is 0.269 e. The summed E-state index contributed by atoms with van der Waals surface area (Å²) < 4.78 is 13.1. The van der Waals surface area contributed by atoms with Crippen LogP contribution in [0.25, 0.3) is 0 Å². The molecule has 5 rings (SSSR count). The number of rotatable bonds is 5. The van der Waals surface area contributed by atoms with E-state index in [1.165, 1.54) is 42.0 Å². The third-order valence-corrected chi connectivity index (χ3v) is 7.40. The van der Waals surface area contributed by atoms with Gasteiger partial charge in [-0.15, -0.1) is 0 Å². The summed E-state index contributed by atoms with van der Waals surface area (Å²) in [5, 5.41) is 14.9. The van der Waals surface area contributed by atoms with E-state index in [9.17, 15) is 19.3 Å². The molecule has 0 N–H and O–H groups in total. The molecule has 1 aromatic heterocycles. The normalized spacial score (nSPS) is 18.7. The number of halogens is 1. The van der Waals surface area contributed by atoms with E-state index in [0.29, 0.717) is 17.4 Å². The van der Waals surface area contributed by atoms with Crippen molar-refractivity contribution in [3.63, 3.8) is 0 Å². The fraction of sp³-hybridized carbons (Fsp3) is 0.370. The van der Waals surface area contributed by atoms with Crippen LogP contribution in [0.4, 0.5) is 10.1 Å². The maximum atomic E-state index is 13.1. The Morgan fingerprint density at radius 2 is 1.63 bits per heavy atom. The van der Waals surface area contributed by atoms with E-state index in [1.54, 1.807) is 11.3 Å². The first kappa shape index (κ1) is 25.0. The average Bonchev–Trinajstić information content (AvgIpc) is 3.61. The summed E-state index contributed by atoms with van der Waals surface area (Å²) in [6.07, 6.45) is 3.13. The molecule has 2 saturated heterocycles. The Hall–Kier alpha value is -3.10. The molecule has 1 atom stereocenters. The van der Waals surface area contributed by atoms with Crippen molar-refractivity contribution in [2.24, 2.45) is 5.92 Å². The van der Waals surface area contributed by atoms with Gasteiger partial charge in [-0.3, -0.25) is 14.9 Å². The van der Waals surface area contributed by atoms with E-state index < -0.39 is 4.92 Å². The number of nitro groups is 1. The zero-order valence-corrected chi connectivity index (χ0v) is 20.4. The summed E-state index contributed by atoms with van der Waals surface area (Å²) in [5.41, 5.74) is 1.72. The van der Waals surface area contributed by atoms with Gasteiger partial charge >= 0.3 is 0 Å². The number of nitro benzene ring substituents is 1. The molecule has 2 fully saturated rings. The van der Waals surface area contributed by atoms with Crippen LogP contribution in [-0.4, -0.2) is 53.4 Å². The monoisotopic (exact) mass is 495 g/mol. The zero-order valence-electron chi connectivity index (χ0n) is 19.6. The van der Waals surface area contributed by atoms with Crippen LogP contribution in [0.15, 0.2) is 71.4 Å².